The van der Waals surface area contributed by atoms with Gasteiger partial charge in [-0.3, -0.25) is 4.79 Å². The van der Waals surface area contributed by atoms with Crippen molar-refractivity contribution in [2.24, 2.45) is 5.10 Å². The van der Waals surface area contributed by atoms with Crippen LogP contribution in [0.5, 0.6) is 23.0 Å². The molecule has 0 heterocycles. The van der Waals surface area contributed by atoms with Gasteiger partial charge in [0.1, 0.15) is 0 Å². The number of hydrogen-bond donors (Lipinski definition) is 1. The van der Waals surface area contributed by atoms with Crippen LogP contribution in [0.4, 0.5) is 0 Å². The lowest BCUT2D eigenvalue weighted by molar-refractivity contribution is 0.0954. The van der Waals surface area contributed by atoms with Crippen LogP contribution in [0, 0.1) is 0 Å². The highest BCUT2D eigenvalue weighted by Crippen LogP contribution is 2.36. The van der Waals surface area contributed by atoms with Gasteiger partial charge in [0, 0.05) is 5.56 Å². The summed E-state index contributed by atoms with van der Waals surface area (Å²) in [6.07, 6.45) is 1.53. The Hall–Kier alpha value is -2.74. The lowest BCUT2D eigenvalue weighted by Gasteiger charge is -2.12. The first-order chi connectivity index (χ1) is 13.5. The molecule has 28 heavy (non-hydrogen) atoms. The lowest BCUT2D eigenvalue weighted by atomic mass is 10.2. The van der Waals surface area contributed by atoms with E-state index in [4.69, 9.17) is 18.9 Å². The molecule has 150 valence electrons. The second kappa shape index (κ2) is 10.6. The maximum atomic E-state index is 12.4. The van der Waals surface area contributed by atoms with Gasteiger partial charge >= 0.3 is 0 Å². The molecule has 0 saturated heterocycles. The number of benzene rings is 2. The van der Waals surface area contributed by atoms with Crippen LogP contribution in [0.15, 0.2) is 39.9 Å². The molecule has 0 atom stereocenters. The number of ether oxygens (including phenoxy) is 4. The number of methoxy groups -OCH3 is 2. The molecule has 0 aliphatic carbocycles. The first-order valence-electron chi connectivity index (χ1n) is 8.68. The largest absolute Gasteiger partial charge is 0.493 e. The van der Waals surface area contributed by atoms with Crippen molar-refractivity contribution >= 4 is 28.1 Å². The first-order valence-corrected chi connectivity index (χ1v) is 9.47. The zero-order chi connectivity index (χ0) is 20.5. The van der Waals surface area contributed by atoms with Crippen LogP contribution in [-0.4, -0.2) is 39.6 Å². The molecule has 0 spiro atoms. The number of carbonyl (C=O) groups is 1. The number of hydrogen-bond acceptors (Lipinski definition) is 6. The van der Waals surface area contributed by atoms with E-state index in [0.717, 1.165) is 10.0 Å². The van der Waals surface area contributed by atoms with Gasteiger partial charge in [-0.1, -0.05) is 0 Å². The van der Waals surface area contributed by atoms with Crippen molar-refractivity contribution in [3.8, 4) is 23.0 Å². The van der Waals surface area contributed by atoms with Gasteiger partial charge in [0.2, 0.25) is 0 Å². The molecule has 1 amide bonds. The summed E-state index contributed by atoms with van der Waals surface area (Å²) >= 11 is 3.44. The number of amides is 1. The van der Waals surface area contributed by atoms with Crippen LogP contribution >= 0.6 is 15.9 Å². The van der Waals surface area contributed by atoms with Crippen LogP contribution in [0.1, 0.15) is 29.8 Å². The molecule has 0 bridgehead atoms. The van der Waals surface area contributed by atoms with Crippen molar-refractivity contribution in [3.63, 3.8) is 0 Å². The second-order valence-electron chi connectivity index (χ2n) is 5.46. The van der Waals surface area contributed by atoms with Gasteiger partial charge in [-0.2, -0.15) is 5.10 Å². The van der Waals surface area contributed by atoms with E-state index in [-0.39, 0.29) is 5.91 Å². The van der Waals surface area contributed by atoms with Gasteiger partial charge in [0.25, 0.3) is 5.91 Å². The Kier molecular flexibility index (Phi) is 8.13. The molecule has 0 fully saturated rings. The lowest BCUT2D eigenvalue weighted by Crippen LogP contribution is -2.17. The number of halogens is 1. The molecule has 2 rings (SSSR count). The Bertz CT molecular complexity index is 855. The molecular weight excluding hydrogens is 428 g/mol. The Labute approximate surface area is 172 Å². The van der Waals surface area contributed by atoms with E-state index in [1.165, 1.54) is 6.21 Å². The van der Waals surface area contributed by atoms with E-state index in [1.807, 2.05) is 19.9 Å². The highest BCUT2D eigenvalue weighted by Gasteiger charge is 2.12. The molecule has 0 saturated carbocycles. The van der Waals surface area contributed by atoms with E-state index in [2.05, 4.69) is 26.5 Å². The molecule has 0 radical (unpaired) electrons. The van der Waals surface area contributed by atoms with Crippen LogP contribution < -0.4 is 24.4 Å². The monoisotopic (exact) mass is 450 g/mol. The van der Waals surface area contributed by atoms with Crippen molar-refractivity contribution in [1.82, 2.24) is 5.43 Å². The van der Waals surface area contributed by atoms with Gasteiger partial charge < -0.3 is 18.9 Å². The molecule has 0 aromatic heterocycles. The molecule has 0 aliphatic rings. The fourth-order valence-electron chi connectivity index (χ4n) is 2.44. The predicted molar refractivity (Wildman–Crippen MR) is 111 cm³/mol. The highest BCUT2D eigenvalue weighted by atomic mass is 79.9. The van der Waals surface area contributed by atoms with Gasteiger partial charge in [-0.05, 0) is 65.7 Å². The molecule has 2 aromatic carbocycles. The number of carbonyl (C=O) groups excluding carboxylic acids is 1. The van der Waals surface area contributed by atoms with Gasteiger partial charge in [0.05, 0.1) is 38.1 Å². The summed E-state index contributed by atoms with van der Waals surface area (Å²) in [5, 5.41) is 4.02. The van der Waals surface area contributed by atoms with E-state index in [0.29, 0.717) is 41.8 Å². The molecule has 8 heteroatoms. The van der Waals surface area contributed by atoms with Crippen molar-refractivity contribution in [1.29, 1.82) is 0 Å². The third-order valence-corrected chi connectivity index (χ3v) is 4.23. The van der Waals surface area contributed by atoms with Crippen LogP contribution in [0.2, 0.25) is 0 Å². The van der Waals surface area contributed by atoms with Gasteiger partial charge in [-0.15, -0.1) is 0 Å². The Morgan fingerprint density at radius 1 is 1.04 bits per heavy atom. The normalized spacial score (nSPS) is 10.6. The summed E-state index contributed by atoms with van der Waals surface area (Å²) in [6, 6.07) is 8.53. The van der Waals surface area contributed by atoms with Crippen LogP contribution in [0.25, 0.3) is 0 Å². The minimum absolute atomic E-state index is 0.363. The Morgan fingerprint density at radius 2 is 1.75 bits per heavy atom. The number of hydrazone groups is 1. The van der Waals surface area contributed by atoms with E-state index >= 15 is 0 Å². The molecule has 0 aliphatic heterocycles. The standard InChI is InChI=1S/C20H23BrN2O5/c1-5-27-17-11-14(7-8-16(17)25-3)20(24)23-22-12-13-9-15(21)19(26-4)18(10-13)28-6-2/h7-12H,5-6H2,1-4H3,(H,23,24)/b22-12+. The molecular formula is C20H23BrN2O5. The number of nitrogens with one attached hydrogen (secondary N) is 1. The molecule has 0 unspecified atom stereocenters. The second-order valence-corrected chi connectivity index (χ2v) is 6.32. The fraction of sp³-hybridized carbons (Fsp3) is 0.300. The Balaban J connectivity index is 2.14. The Morgan fingerprint density at radius 3 is 2.39 bits per heavy atom. The maximum absolute atomic E-state index is 12.4. The minimum Gasteiger partial charge on any atom is -0.493 e. The molecule has 7 nitrogen and oxygen atoms in total. The smallest absolute Gasteiger partial charge is 0.271 e. The molecule has 1 N–H and O–H groups in total. The average molecular weight is 451 g/mol. The SMILES string of the molecule is CCOc1cc(C(=O)N/N=C/c2cc(Br)c(OC)c(OCC)c2)ccc1OC. The summed E-state index contributed by atoms with van der Waals surface area (Å²) in [6.45, 7) is 4.72. The summed E-state index contributed by atoms with van der Waals surface area (Å²) in [7, 11) is 3.12. The molecule has 2 aromatic rings. The van der Waals surface area contributed by atoms with Gasteiger partial charge in [0.15, 0.2) is 23.0 Å². The average Bonchev–Trinajstić information content (AvgIpc) is 2.68. The minimum atomic E-state index is -0.363. The number of nitrogens with zero attached hydrogens (tertiary/aromatic N) is 1. The quantitative estimate of drug-likeness (QED) is 0.460. The highest BCUT2D eigenvalue weighted by molar-refractivity contribution is 9.10. The topological polar surface area (TPSA) is 78.4 Å². The summed E-state index contributed by atoms with van der Waals surface area (Å²) in [4.78, 5) is 12.4. The van der Waals surface area contributed by atoms with Crippen molar-refractivity contribution in [2.75, 3.05) is 27.4 Å². The van der Waals surface area contributed by atoms with Crippen LogP contribution in [0.3, 0.4) is 0 Å². The van der Waals surface area contributed by atoms with E-state index in [9.17, 15) is 4.79 Å². The van der Waals surface area contributed by atoms with E-state index in [1.54, 1.807) is 38.5 Å². The first kappa shape index (κ1) is 21.6. The van der Waals surface area contributed by atoms with E-state index < -0.39 is 0 Å². The summed E-state index contributed by atoms with van der Waals surface area (Å²) < 4.78 is 22.3. The van der Waals surface area contributed by atoms with Crippen LogP contribution in [-0.2, 0) is 0 Å². The zero-order valence-corrected chi connectivity index (χ0v) is 17.8. The predicted octanol–water partition coefficient (Wildman–Crippen LogP) is 4.03. The maximum Gasteiger partial charge on any atom is 0.271 e. The number of rotatable bonds is 9. The van der Waals surface area contributed by atoms with Crippen molar-refractivity contribution in [3.05, 3.63) is 45.9 Å². The summed E-state index contributed by atoms with van der Waals surface area (Å²) in [5.41, 5.74) is 3.65. The third kappa shape index (κ3) is 5.39. The van der Waals surface area contributed by atoms with Crippen molar-refractivity contribution in [2.45, 2.75) is 13.8 Å². The van der Waals surface area contributed by atoms with Gasteiger partial charge in [-0.25, -0.2) is 5.43 Å². The summed E-state index contributed by atoms with van der Waals surface area (Å²) in [5.74, 6) is 1.89. The third-order valence-electron chi connectivity index (χ3n) is 3.64. The fourth-order valence-corrected chi connectivity index (χ4v) is 3.06. The zero-order valence-electron chi connectivity index (χ0n) is 16.2. The van der Waals surface area contributed by atoms with Crippen molar-refractivity contribution < 1.29 is 23.7 Å².